The molecule has 56 valence electrons. The largest absolute Gasteiger partial charge is 1.00 e. The molecule has 0 amide bonds. The first-order valence-corrected chi connectivity index (χ1v) is 0.855. The van der Waals surface area contributed by atoms with Crippen LogP contribution in [0.5, 0.6) is 0 Å². The molecule has 0 radical (unpaired) electrons. The Labute approximate surface area is 77.3 Å². The molecule has 0 aliphatic rings. The van der Waals surface area contributed by atoms with Crippen LogP contribution in [-0.2, 0) is 54.3 Å². The molecule has 0 aromatic carbocycles. The summed E-state index contributed by atoms with van der Waals surface area (Å²) >= 11 is 0. The number of hydrogen-bond acceptors (Lipinski definition) is 2. The van der Waals surface area contributed by atoms with Gasteiger partial charge in [-0.2, -0.15) is 0 Å². The van der Waals surface area contributed by atoms with E-state index >= 15 is 0 Å². The molecule has 0 heterocycles. The van der Waals surface area contributed by atoms with Crippen LogP contribution in [0.15, 0.2) is 0 Å². The Morgan fingerprint density at radius 3 is 0.875 bits per heavy atom. The van der Waals surface area contributed by atoms with E-state index in [1.54, 1.807) is 0 Å². The van der Waals surface area contributed by atoms with Crippen molar-refractivity contribution in [2.24, 2.45) is 0 Å². The minimum atomic E-state index is 0. The van der Waals surface area contributed by atoms with Crippen molar-refractivity contribution in [2.75, 3.05) is 0 Å². The Hall–Kier alpha value is 0.421. The fourth-order valence-corrected chi connectivity index (χ4v) is 0. The third-order valence-electron chi connectivity index (χ3n) is 0. The van der Waals surface area contributed by atoms with E-state index in [4.69, 9.17) is 19.8 Å². The Balaban J connectivity index is -0.0000000160. The SMILES string of the molecule is O=[C-]O.O=[C-]O.[Ag+].[Ag+]. The van der Waals surface area contributed by atoms with Crippen LogP contribution in [0.4, 0.5) is 0 Å². The van der Waals surface area contributed by atoms with Gasteiger partial charge in [0.25, 0.3) is 0 Å². The first kappa shape index (κ1) is 23.7. The Morgan fingerprint density at radius 2 is 0.875 bits per heavy atom. The predicted molar refractivity (Wildman–Crippen MR) is 16.6 cm³/mol. The normalized spacial score (nSPS) is 3.00. The van der Waals surface area contributed by atoms with Crippen LogP contribution in [0.25, 0.3) is 0 Å². The molecular weight excluding hydrogens is 304 g/mol. The molecule has 4 nitrogen and oxygen atoms in total. The zero-order valence-corrected chi connectivity index (χ0v) is 6.28. The van der Waals surface area contributed by atoms with Gasteiger partial charge in [0.15, 0.2) is 0 Å². The monoisotopic (exact) mass is 304 g/mol. The first-order chi connectivity index (χ1) is 2.83. The van der Waals surface area contributed by atoms with E-state index in [0.29, 0.717) is 12.9 Å². The van der Waals surface area contributed by atoms with E-state index in [0.717, 1.165) is 0 Å². The maximum atomic E-state index is 8.24. The predicted octanol–water partition coefficient (Wildman–Crippen LogP) is -0.782. The molecule has 0 aliphatic heterocycles. The van der Waals surface area contributed by atoms with Crippen molar-refractivity contribution < 1.29 is 64.6 Å². The Bertz CT molecular complexity index is 33.0. The second kappa shape index (κ2) is 52.2. The number of rotatable bonds is 0. The summed E-state index contributed by atoms with van der Waals surface area (Å²) in [5.41, 5.74) is 0. The molecule has 6 heteroatoms. The van der Waals surface area contributed by atoms with Gasteiger partial charge in [0.2, 0.25) is 0 Å². The maximum absolute atomic E-state index is 8.24. The van der Waals surface area contributed by atoms with E-state index in [-0.39, 0.29) is 44.8 Å². The molecule has 0 spiro atoms. The summed E-state index contributed by atoms with van der Waals surface area (Å²) in [6, 6.07) is 0. The van der Waals surface area contributed by atoms with Crippen LogP contribution in [0, 0.1) is 0 Å². The quantitative estimate of drug-likeness (QED) is 0.455. The summed E-state index contributed by atoms with van der Waals surface area (Å²) in [5.74, 6) is 0. The topological polar surface area (TPSA) is 74.6 Å². The zero-order valence-electron chi connectivity index (χ0n) is 3.31. The van der Waals surface area contributed by atoms with Gasteiger partial charge in [0, 0.05) is 0 Å². The third-order valence-corrected chi connectivity index (χ3v) is 0. The summed E-state index contributed by atoms with van der Waals surface area (Å²) in [6.07, 6.45) is 0. The van der Waals surface area contributed by atoms with Gasteiger partial charge in [-0.25, -0.2) is 0 Å². The smallest absolute Gasteiger partial charge is 0.665 e. The fourth-order valence-electron chi connectivity index (χ4n) is 0. The molecule has 0 unspecified atom stereocenters. The molecule has 0 aliphatic carbocycles. The van der Waals surface area contributed by atoms with Crippen molar-refractivity contribution in [3.05, 3.63) is 0 Å². The molecule has 0 aromatic rings. The second-order valence-electron chi connectivity index (χ2n) is 0.183. The second-order valence-corrected chi connectivity index (χ2v) is 0.183. The molecule has 2 N–H and O–H groups in total. The maximum Gasteiger partial charge on any atom is 1.00 e. The van der Waals surface area contributed by atoms with Crippen LogP contribution in [0.2, 0.25) is 0 Å². The van der Waals surface area contributed by atoms with Gasteiger partial charge in [0.05, 0.1) is 0 Å². The number of hydrogen-bond donors (Lipinski definition) is 2. The molecule has 0 saturated carbocycles. The summed E-state index contributed by atoms with van der Waals surface area (Å²) in [6.45, 7) is 1.00. The molecule has 0 bridgehead atoms. The van der Waals surface area contributed by atoms with Crippen LogP contribution < -0.4 is 0 Å². The van der Waals surface area contributed by atoms with Crippen LogP contribution >= 0.6 is 0 Å². The van der Waals surface area contributed by atoms with Crippen LogP contribution in [-0.4, -0.2) is 23.2 Å². The first-order valence-electron chi connectivity index (χ1n) is 0.855. The molecule has 0 aromatic heterocycles. The van der Waals surface area contributed by atoms with Gasteiger partial charge in [-0.1, -0.05) is 12.9 Å². The molecule has 0 rings (SSSR count). The minimum Gasteiger partial charge on any atom is -0.665 e. The van der Waals surface area contributed by atoms with Gasteiger partial charge in [0.1, 0.15) is 0 Å². The summed E-state index contributed by atoms with van der Waals surface area (Å²) in [4.78, 5) is 16.5. The van der Waals surface area contributed by atoms with Crippen LogP contribution in [0.1, 0.15) is 0 Å². The van der Waals surface area contributed by atoms with E-state index in [9.17, 15) is 0 Å². The fraction of sp³-hybridized carbons (Fsp3) is 0. The summed E-state index contributed by atoms with van der Waals surface area (Å²) < 4.78 is 0. The van der Waals surface area contributed by atoms with Gasteiger partial charge in [-0.3, -0.25) is 0 Å². The molecule has 0 atom stereocenters. The van der Waals surface area contributed by atoms with Crippen molar-refractivity contribution >= 4 is 12.9 Å². The van der Waals surface area contributed by atoms with Crippen molar-refractivity contribution in [3.8, 4) is 0 Å². The van der Waals surface area contributed by atoms with Crippen molar-refractivity contribution in [1.82, 2.24) is 0 Å². The van der Waals surface area contributed by atoms with Gasteiger partial charge < -0.3 is 19.8 Å². The van der Waals surface area contributed by atoms with Crippen molar-refractivity contribution in [1.29, 1.82) is 0 Å². The Morgan fingerprint density at radius 1 is 0.875 bits per heavy atom. The summed E-state index contributed by atoms with van der Waals surface area (Å²) in [7, 11) is 0. The zero-order chi connectivity index (χ0) is 5.41. The van der Waals surface area contributed by atoms with E-state index in [1.807, 2.05) is 0 Å². The van der Waals surface area contributed by atoms with Crippen LogP contribution in [0.3, 0.4) is 0 Å². The standard InChI is InChI=1S/2CHO2.2Ag/c2*2-1-3;;/h2*(H,2,3);;/q2*-1;2*+1. The Kier molecular flexibility index (Phi) is 155. The minimum absolute atomic E-state index is 0. The van der Waals surface area contributed by atoms with E-state index in [2.05, 4.69) is 0 Å². The molecule has 0 fully saturated rings. The average Bonchev–Trinajstić information content (AvgIpc) is 1.39. The molecule has 8 heavy (non-hydrogen) atoms. The molecular formula is C2H2Ag2O4. The van der Waals surface area contributed by atoms with E-state index < -0.39 is 0 Å². The summed E-state index contributed by atoms with van der Waals surface area (Å²) in [5, 5.41) is 13.5. The van der Waals surface area contributed by atoms with Gasteiger partial charge >= 0.3 is 44.8 Å². The third kappa shape index (κ3) is 1070. The van der Waals surface area contributed by atoms with E-state index in [1.165, 1.54) is 0 Å². The molecule has 0 saturated heterocycles. The van der Waals surface area contributed by atoms with Gasteiger partial charge in [-0.05, 0) is 0 Å². The van der Waals surface area contributed by atoms with Crippen molar-refractivity contribution in [2.45, 2.75) is 0 Å². The van der Waals surface area contributed by atoms with Gasteiger partial charge in [-0.15, -0.1) is 0 Å². The average molecular weight is 306 g/mol. The number of aliphatic hydroxyl groups excluding tert-OH is 2. The van der Waals surface area contributed by atoms with Crippen molar-refractivity contribution in [3.63, 3.8) is 0 Å².